The Bertz CT molecular complexity index is 821. The highest BCUT2D eigenvalue weighted by atomic mass is 16.4. The number of aliphatic imine (C=N–C) groups is 2. The largest absolute Gasteiger partial charge is 0.481 e. The van der Waals surface area contributed by atoms with Crippen molar-refractivity contribution in [2.45, 2.75) is 18.9 Å². The molecule has 6 nitrogen and oxygen atoms in total. The Labute approximate surface area is 138 Å². The summed E-state index contributed by atoms with van der Waals surface area (Å²) in [6.07, 6.45) is 4.93. The number of carboxylic acid groups (broad SMARTS) is 2. The van der Waals surface area contributed by atoms with Crippen LogP contribution in [-0.2, 0) is 9.59 Å². The monoisotopic (exact) mass is 324 g/mol. The van der Waals surface area contributed by atoms with E-state index in [1.165, 1.54) is 6.92 Å². The maximum absolute atomic E-state index is 11.6. The molecule has 3 rings (SSSR count). The third kappa shape index (κ3) is 2.90. The van der Waals surface area contributed by atoms with Crippen molar-refractivity contribution >= 4 is 29.0 Å². The SMILES string of the molecule is CC1(C(=O)O)CC(C(=O)O)C2=CC(=Nc3ccccc3)C=CC2=N1. The van der Waals surface area contributed by atoms with Crippen molar-refractivity contribution in [3.05, 3.63) is 54.1 Å². The standard InChI is InChI=1S/C18H16N2O4/c1-18(17(23)24)10-14(16(21)22)13-9-12(7-8-15(13)20-18)19-11-5-3-2-4-6-11/h2-9,14H,10H2,1H3,(H,21,22)(H,23,24). The maximum atomic E-state index is 11.6. The quantitative estimate of drug-likeness (QED) is 0.835. The zero-order chi connectivity index (χ0) is 17.3. The van der Waals surface area contributed by atoms with E-state index in [1.54, 1.807) is 18.2 Å². The first-order chi connectivity index (χ1) is 11.4. The number of fused-ring (bicyclic) bond motifs is 1. The van der Waals surface area contributed by atoms with Crippen LogP contribution in [0.3, 0.4) is 0 Å². The molecule has 6 heteroatoms. The number of rotatable bonds is 3. The molecule has 0 radical (unpaired) electrons. The van der Waals surface area contributed by atoms with Crippen molar-refractivity contribution in [3.8, 4) is 0 Å². The number of carbonyl (C=O) groups is 2. The molecule has 0 aromatic heterocycles. The van der Waals surface area contributed by atoms with Crippen LogP contribution in [0.25, 0.3) is 0 Å². The minimum absolute atomic E-state index is 0.0839. The molecular formula is C18H16N2O4. The minimum atomic E-state index is -1.44. The van der Waals surface area contributed by atoms with Crippen molar-refractivity contribution in [2.24, 2.45) is 15.9 Å². The number of hydrogen-bond acceptors (Lipinski definition) is 4. The zero-order valence-electron chi connectivity index (χ0n) is 13.0. The van der Waals surface area contributed by atoms with Gasteiger partial charge in [0.05, 0.1) is 23.0 Å². The molecule has 1 aromatic rings. The molecule has 0 spiro atoms. The predicted molar refractivity (Wildman–Crippen MR) is 90.0 cm³/mol. The van der Waals surface area contributed by atoms with Gasteiger partial charge in [-0.3, -0.25) is 9.79 Å². The molecule has 0 saturated heterocycles. The second-order valence-electron chi connectivity index (χ2n) is 5.98. The molecule has 0 fully saturated rings. The molecule has 1 aromatic carbocycles. The molecule has 24 heavy (non-hydrogen) atoms. The Morgan fingerprint density at radius 3 is 2.54 bits per heavy atom. The fourth-order valence-electron chi connectivity index (χ4n) is 2.82. The van der Waals surface area contributed by atoms with Gasteiger partial charge in [0, 0.05) is 6.42 Å². The van der Waals surface area contributed by atoms with Crippen LogP contribution in [0.1, 0.15) is 13.3 Å². The van der Waals surface area contributed by atoms with Gasteiger partial charge in [-0.25, -0.2) is 9.79 Å². The molecule has 1 aliphatic heterocycles. The van der Waals surface area contributed by atoms with E-state index in [0.29, 0.717) is 17.0 Å². The fourth-order valence-corrected chi connectivity index (χ4v) is 2.82. The maximum Gasteiger partial charge on any atom is 0.331 e. The van der Waals surface area contributed by atoms with Crippen molar-refractivity contribution in [1.29, 1.82) is 0 Å². The number of carboxylic acids is 2. The highest BCUT2D eigenvalue weighted by Gasteiger charge is 2.44. The van der Waals surface area contributed by atoms with Gasteiger partial charge in [-0.15, -0.1) is 0 Å². The van der Waals surface area contributed by atoms with E-state index in [1.807, 2.05) is 30.3 Å². The second-order valence-corrected chi connectivity index (χ2v) is 5.98. The molecule has 0 amide bonds. The van der Waals surface area contributed by atoms with E-state index in [-0.39, 0.29) is 6.42 Å². The Morgan fingerprint density at radius 2 is 1.92 bits per heavy atom. The van der Waals surface area contributed by atoms with Crippen LogP contribution < -0.4 is 0 Å². The summed E-state index contributed by atoms with van der Waals surface area (Å²) in [5, 5.41) is 18.9. The van der Waals surface area contributed by atoms with Crippen LogP contribution in [0.2, 0.25) is 0 Å². The molecule has 0 bridgehead atoms. The summed E-state index contributed by atoms with van der Waals surface area (Å²) in [5.74, 6) is -3.11. The number of hydrogen-bond donors (Lipinski definition) is 2. The number of benzene rings is 1. The van der Waals surface area contributed by atoms with Gasteiger partial charge in [0.1, 0.15) is 0 Å². The first kappa shape index (κ1) is 15.9. The van der Waals surface area contributed by atoms with E-state index in [0.717, 1.165) is 5.69 Å². The molecule has 122 valence electrons. The van der Waals surface area contributed by atoms with Crippen LogP contribution in [0.15, 0.2) is 64.1 Å². The number of allylic oxidation sites excluding steroid dienone is 3. The van der Waals surface area contributed by atoms with Gasteiger partial charge in [-0.05, 0) is 42.9 Å². The van der Waals surface area contributed by atoms with Crippen molar-refractivity contribution in [3.63, 3.8) is 0 Å². The number of aliphatic carboxylic acids is 2. The normalized spacial score (nSPS) is 27.2. The first-order valence-electron chi connectivity index (χ1n) is 7.49. The number of nitrogens with zero attached hydrogens (tertiary/aromatic N) is 2. The third-order valence-electron chi connectivity index (χ3n) is 4.13. The van der Waals surface area contributed by atoms with Gasteiger partial charge in [0.2, 0.25) is 0 Å². The van der Waals surface area contributed by atoms with E-state index in [4.69, 9.17) is 0 Å². The third-order valence-corrected chi connectivity index (χ3v) is 4.13. The molecular weight excluding hydrogens is 308 g/mol. The minimum Gasteiger partial charge on any atom is -0.481 e. The smallest absolute Gasteiger partial charge is 0.331 e. The van der Waals surface area contributed by atoms with Gasteiger partial charge in [-0.2, -0.15) is 0 Å². The number of para-hydroxylation sites is 1. The molecule has 2 unspecified atom stereocenters. The highest BCUT2D eigenvalue weighted by molar-refractivity contribution is 6.24. The summed E-state index contributed by atoms with van der Waals surface area (Å²) in [4.78, 5) is 31.8. The Balaban J connectivity index is 2.04. The van der Waals surface area contributed by atoms with E-state index in [9.17, 15) is 19.8 Å². The Morgan fingerprint density at radius 1 is 1.21 bits per heavy atom. The van der Waals surface area contributed by atoms with E-state index >= 15 is 0 Å². The lowest BCUT2D eigenvalue weighted by atomic mass is 9.77. The first-order valence-corrected chi connectivity index (χ1v) is 7.49. The summed E-state index contributed by atoms with van der Waals surface area (Å²) >= 11 is 0. The van der Waals surface area contributed by atoms with Gasteiger partial charge in [0.15, 0.2) is 5.54 Å². The van der Waals surface area contributed by atoms with E-state index in [2.05, 4.69) is 9.98 Å². The van der Waals surface area contributed by atoms with Crippen molar-refractivity contribution in [1.82, 2.24) is 0 Å². The lowest BCUT2D eigenvalue weighted by Gasteiger charge is -2.32. The Kier molecular flexibility index (Phi) is 3.89. The van der Waals surface area contributed by atoms with Crippen molar-refractivity contribution < 1.29 is 19.8 Å². The molecule has 1 heterocycles. The van der Waals surface area contributed by atoms with Crippen LogP contribution in [0, 0.1) is 5.92 Å². The van der Waals surface area contributed by atoms with Gasteiger partial charge in [-0.1, -0.05) is 18.2 Å². The summed E-state index contributed by atoms with van der Waals surface area (Å²) in [7, 11) is 0. The van der Waals surface area contributed by atoms with E-state index < -0.39 is 23.4 Å². The average molecular weight is 324 g/mol. The lowest BCUT2D eigenvalue weighted by molar-refractivity contribution is -0.145. The fraction of sp³-hybridized carbons (Fsp3) is 0.222. The molecule has 1 aliphatic carbocycles. The molecule has 2 aliphatic rings. The Hall–Kier alpha value is -3.02. The van der Waals surface area contributed by atoms with Gasteiger partial charge >= 0.3 is 11.9 Å². The van der Waals surface area contributed by atoms with Crippen LogP contribution >= 0.6 is 0 Å². The zero-order valence-corrected chi connectivity index (χ0v) is 13.0. The summed E-state index contributed by atoms with van der Waals surface area (Å²) < 4.78 is 0. The van der Waals surface area contributed by atoms with Gasteiger partial charge in [0.25, 0.3) is 0 Å². The van der Waals surface area contributed by atoms with Crippen molar-refractivity contribution in [2.75, 3.05) is 0 Å². The summed E-state index contributed by atoms with van der Waals surface area (Å²) in [6.45, 7) is 1.44. The average Bonchev–Trinajstić information content (AvgIpc) is 2.55. The second kappa shape index (κ2) is 5.88. The van der Waals surface area contributed by atoms with Gasteiger partial charge < -0.3 is 10.2 Å². The van der Waals surface area contributed by atoms with Crippen LogP contribution in [0.4, 0.5) is 5.69 Å². The highest BCUT2D eigenvalue weighted by Crippen LogP contribution is 2.35. The molecule has 2 atom stereocenters. The topological polar surface area (TPSA) is 99.3 Å². The lowest BCUT2D eigenvalue weighted by Crippen LogP contribution is -2.43. The summed E-state index contributed by atoms with van der Waals surface area (Å²) in [6, 6.07) is 9.31. The summed E-state index contributed by atoms with van der Waals surface area (Å²) in [5.41, 5.74) is 0.825. The van der Waals surface area contributed by atoms with Crippen LogP contribution in [0.5, 0.6) is 0 Å². The van der Waals surface area contributed by atoms with Crippen LogP contribution in [-0.4, -0.2) is 39.1 Å². The predicted octanol–water partition coefficient (Wildman–Crippen LogP) is 2.64. The molecule has 0 saturated carbocycles. The molecule has 2 N–H and O–H groups in total.